The second-order valence-electron chi connectivity index (χ2n) is 6.83. The minimum atomic E-state index is -3.52. The number of phosphoric acid groups is 1. The highest BCUT2D eigenvalue weighted by atomic mass is 31.2. The van der Waals surface area contributed by atoms with Gasteiger partial charge in [0.15, 0.2) is 0 Å². The zero-order valence-corrected chi connectivity index (χ0v) is 18.3. The van der Waals surface area contributed by atoms with E-state index in [1.54, 1.807) is 13.8 Å². The summed E-state index contributed by atoms with van der Waals surface area (Å²) in [5.74, 6) is -0.141. The summed E-state index contributed by atoms with van der Waals surface area (Å²) in [6, 6.07) is 5.35. The second-order valence-corrected chi connectivity index (χ2v) is 8.50. The number of nitro benzene ring substituents is 1. The summed E-state index contributed by atoms with van der Waals surface area (Å²) < 4.78 is 33.5. The molecular formula is C18H30N2O8P+. The Morgan fingerprint density at radius 2 is 1.66 bits per heavy atom. The molecule has 0 saturated carbocycles. The maximum Gasteiger partial charge on any atom is 0.474 e. The first-order valence-electron chi connectivity index (χ1n) is 9.41. The summed E-state index contributed by atoms with van der Waals surface area (Å²) in [5.41, 5.74) is -0.0655. The maximum atomic E-state index is 12.3. The molecule has 10 nitrogen and oxygen atoms in total. The fourth-order valence-corrected chi connectivity index (χ4v) is 3.57. The average Bonchev–Trinajstić information content (AvgIpc) is 2.62. The number of rotatable bonds is 14. The van der Waals surface area contributed by atoms with E-state index >= 15 is 0 Å². The van der Waals surface area contributed by atoms with E-state index in [1.165, 1.54) is 24.3 Å². The van der Waals surface area contributed by atoms with Gasteiger partial charge >= 0.3 is 13.8 Å². The van der Waals surface area contributed by atoms with Gasteiger partial charge in [0.2, 0.25) is 0 Å². The third-order valence-corrected chi connectivity index (χ3v) is 5.59. The van der Waals surface area contributed by atoms with Crippen LogP contribution in [-0.2, 0) is 22.9 Å². The van der Waals surface area contributed by atoms with Crippen LogP contribution in [0.2, 0.25) is 0 Å². The van der Waals surface area contributed by atoms with Gasteiger partial charge in [-0.15, -0.1) is 0 Å². The van der Waals surface area contributed by atoms with Crippen molar-refractivity contribution in [3.63, 3.8) is 0 Å². The van der Waals surface area contributed by atoms with E-state index in [0.29, 0.717) is 24.0 Å². The summed E-state index contributed by atoms with van der Waals surface area (Å²) in [7, 11) is 0.417. The van der Waals surface area contributed by atoms with Crippen molar-refractivity contribution < 1.29 is 37.1 Å². The van der Waals surface area contributed by atoms with Crippen molar-refractivity contribution in [3.05, 3.63) is 34.4 Å². The summed E-state index contributed by atoms with van der Waals surface area (Å²) in [6.45, 7) is 5.31. The van der Waals surface area contributed by atoms with Crippen molar-refractivity contribution in [1.29, 1.82) is 0 Å². The molecular weight excluding hydrogens is 403 g/mol. The molecule has 11 heteroatoms. The highest BCUT2D eigenvalue weighted by molar-refractivity contribution is 7.48. The fourth-order valence-electron chi connectivity index (χ4n) is 2.41. The molecule has 0 heterocycles. The van der Waals surface area contributed by atoms with Crippen molar-refractivity contribution in [2.24, 2.45) is 0 Å². The van der Waals surface area contributed by atoms with Crippen LogP contribution < -0.4 is 4.74 Å². The third kappa shape index (κ3) is 9.96. The number of esters is 1. The number of nitro groups is 1. The lowest BCUT2D eigenvalue weighted by Gasteiger charge is -2.30. The Morgan fingerprint density at radius 3 is 2.17 bits per heavy atom. The van der Waals surface area contributed by atoms with Gasteiger partial charge in [-0.2, -0.15) is 0 Å². The van der Waals surface area contributed by atoms with Crippen LogP contribution in [0, 0.1) is 10.1 Å². The summed E-state index contributed by atoms with van der Waals surface area (Å²) >= 11 is 0. The largest absolute Gasteiger partial charge is 0.474 e. The molecule has 0 N–H and O–H groups in total. The van der Waals surface area contributed by atoms with Gasteiger partial charge in [0.05, 0.1) is 45.2 Å². The number of hydrogen-bond acceptors (Lipinski definition) is 8. The number of carbonyl (C=O) groups excluding carboxylic acids is 1. The molecule has 164 valence electrons. The Kier molecular flexibility index (Phi) is 10.4. The van der Waals surface area contributed by atoms with Gasteiger partial charge in [-0.3, -0.25) is 28.5 Å². The molecule has 1 aromatic rings. The van der Waals surface area contributed by atoms with Crippen LogP contribution in [0.15, 0.2) is 24.3 Å². The monoisotopic (exact) mass is 433 g/mol. The highest BCUT2D eigenvalue weighted by Crippen LogP contribution is 2.49. The molecule has 1 aromatic carbocycles. The maximum absolute atomic E-state index is 12.3. The lowest BCUT2D eigenvalue weighted by atomic mass is 10.2. The zero-order valence-electron chi connectivity index (χ0n) is 17.4. The number of ether oxygens (including phenoxy) is 1. The van der Waals surface area contributed by atoms with Crippen molar-refractivity contribution in [2.45, 2.75) is 26.7 Å². The van der Waals surface area contributed by atoms with Crippen molar-refractivity contribution in [1.82, 2.24) is 0 Å². The molecule has 0 spiro atoms. The molecule has 0 aliphatic carbocycles. The van der Waals surface area contributed by atoms with E-state index in [-0.39, 0.29) is 37.7 Å². The lowest BCUT2D eigenvalue weighted by molar-refractivity contribution is -0.890. The minimum Gasteiger partial charge on any atom is -0.427 e. The van der Waals surface area contributed by atoms with Crippen molar-refractivity contribution in [3.8, 4) is 5.75 Å². The molecule has 0 atom stereocenters. The Bertz CT molecular complexity index is 698. The fraction of sp³-hybridized carbons (Fsp3) is 0.611. The summed E-state index contributed by atoms with van der Waals surface area (Å²) in [4.78, 5) is 22.1. The zero-order chi connectivity index (χ0) is 21.9. The molecule has 1 rings (SSSR count). The van der Waals surface area contributed by atoms with Gasteiger partial charge in [0.25, 0.3) is 5.69 Å². The van der Waals surface area contributed by atoms with Gasteiger partial charge in [-0.25, -0.2) is 4.57 Å². The number of nitrogens with zero attached hydrogens (tertiary/aromatic N) is 2. The molecule has 29 heavy (non-hydrogen) atoms. The number of non-ortho nitro benzene ring substituents is 1. The summed E-state index contributed by atoms with van der Waals surface area (Å²) in [6.07, 6.45) is 0.781. The van der Waals surface area contributed by atoms with Crippen LogP contribution in [0.25, 0.3) is 0 Å². The summed E-state index contributed by atoms with van der Waals surface area (Å²) in [5, 5.41) is 10.6. The number of benzene rings is 1. The van der Waals surface area contributed by atoms with E-state index < -0.39 is 18.7 Å². The molecule has 0 aromatic heterocycles. The Balaban J connectivity index is 2.36. The van der Waals surface area contributed by atoms with E-state index in [4.69, 9.17) is 18.3 Å². The lowest BCUT2D eigenvalue weighted by Crippen LogP contribution is -2.43. The predicted octanol–water partition coefficient (Wildman–Crippen LogP) is 3.55. The van der Waals surface area contributed by atoms with E-state index in [1.807, 2.05) is 14.1 Å². The highest BCUT2D eigenvalue weighted by Gasteiger charge is 2.27. The van der Waals surface area contributed by atoms with Crippen molar-refractivity contribution in [2.75, 3.05) is 47.0 Å². The van der Waals surface area contributed by atoms with Crippen molar-refractivity contribution >= 4 is 19.5 Å². The smallest absolute Gasteiger partial charge is 0.427 e. The van der Waals surface area contributed by atoms with Crippen LogP contribution >= 0.6 is 7.82 Å². The topological polar surface area (TPSA) is 114 Å². The van der Waals surface area contributed by atoms with E-state index in [9.17, 15) is 19.5 Å². The van der Waals surface area contributed by atoms with Crippen LogP contribution in [0.3, 0.4) is 0 Å². The first-order chi connectivity index (χ1) is 13.6. The Labute approximate surface area is 171 Å². The van der Waals surface area contributed by atoms with E-state index in [0.717, 1.165) is 0 Å². The number of hydrogen-bond donors (Lipinski definition) is 0. The standard InChI is InChI=1S/C18H30N2O8P/c1-5-25-29(24,26-6-2)27-15-14-20(3,4)13-7-8-18(21)28-17-11-9-16(10-12-17)19(22)23/h9-12H,5-8,13-15H2,1-4H3/q+1. The number of phosphoric ester groups is 1. The number of likely N-dealkylation sites (N-methyl/N-ethyl adjacent to an activating group) is 1. The molecule has 0 amide bonds. The average molecular weight is 433 g/mol. The van der Waals surface area contributed by atoms with Gasteiger partial charge in [0, 0.05) is 18.6 Å². The molecule has 0 unspecified atom stereocenters. The second kappa shape index (κ2) is 12.0. The third-order valence-electron chi connectivity index (χ3n) is 3.94. The predicted molar refractivity (Wildman–Crippen MR) is 107 cm³/mol. The van der Waals surface area contributed by atoms with Crippen LogP contribution in [0.4, 0.5) is 5.69 Å². The Hall–Kier alpha value is -1.84. The molecule has 0 fully saturated rings. The molecule has 0 saturated heterocycles. The van der Waals surface area contributed by atoms with Crippen LogP contribution in [0.5, 0.6) is 5.75 Å². The molecule has 0 aliphatic rings. The first kappa shape index (κ1) is 25.2. The van der Waals surface area contributed by atoms with Gasteiger partial charge < -0.3 is 9.22 Å². The first-order valence-corrected chi connectivity index (χ1v) is 10.9. The van der Waals surface area contributed by atoms with Crippen LogP contribution in [-0.4, -0.2) is 62.4 Å². The van der Waals surface area contributed by atoms with Gasteiger partial charge in [-0.05, 0) is 26.0 Å². The quantitative estimate of drug-likeness (QED) is 0.109. The minimum absolute atomic E-state index is 0.0655. The number of quaternary nitrogens is 1. The van der Waals surface area contributed by atoms with Crippen LogP contribution in [0.1, 0.15) is 26.7 Å². The Morgan fingerprint density at radius 1 is 1.07 bits per heavy atom. The molecule has 0 aliphatic heterocycles. The number of carbonyl (C=O) groups is 1. The van der Waals surface area contributed by atoms with Gasteiger partial charge in [-0.1, -0.05) is 0 Å². The molecule has 0 bridgehead atoms. The molecule has 0 radical (unpaired) electrons. The van der Waals surface area contributed by atoms with E-state index in [2.05, 4.69) is 0 Å². The van der Waals surface area contributed by atoms with Gasteiger partial charge in [0.1, 0.15) is 18.9 Å². The normalized spacial score (nSPS) is 12.0. The SMILES string of the molecule is CCOP(=O)(OCC)OCC[N+](C)(C)CCCC(=O)Oc1ccc([N+](=O)[O-])cc1.